The molecule has 4 aliphatic heterocycles. The van der Waals surface area contributed by atoms with Gasteiger partial charge in [-0.15, -0.1) is 10.2 Å². The summed E-state index contributed by atoms with van der Waals surface area (Å²) >= 11 is 0. The molecule has 14 nitrogen and oxygen atoms in total. The van der Waals surface area contributed by atoms with Gasteiger partial charge in [-0.05, 0) is 106 Å². The number of para-hydroxylation sites is 1. The van der Waals surface area contributed by atoms with Crippen LogP contribution >= 0.6 is 0 Å². The van der Waals surface area contributed by atoms with Crippen molar-refractivity contribution in [2.24, 2.45) is 0 Å². The molecule has 0 radical (unpaired) electrons. The van der Waals surface area contributed by atoms with E-state index in [1.165, 1.54) is 12.0 Å². The molecule has 61 heavy (non-hydrogen) atoms. The van der Waals surface area contributed by atoms with Crippen LogP contribution in [0.2, 0.25) is 0 Å². The number of benzene rings is 3. The zero-order valence-electron chi connectivity index (χ0n) is 35.0. The Labute approximate surface area is 357 Å². The standard InChI is InChI=1S/C47H57N9O5/c1-52(40-13-14-43(58)49-46(40)60)34-8-4-7-33(27-34)32-15-21-53(22-16-32)30-44(59)54-23-17-36(18-24-54)61-37-10-5-9-35(28-37)56-26-25-55(31-47(56)19-6-20-47)41-29-39(50-51-45(41)48)38-11-2-3-12-42(38)57/h2-5,7-12,27-29,32,36,40,57H,6,13-26,30-31H2,1H3,(H2,48,51)(H,49,58,60). The van der Waals surface area contributed by atoms with Gasteiger partial charge in [-0.1, -0.05) is 30.3 Å². The SMILES string of the molecule is CN(c1cccc(C2CCN(CC(=O)N3CCC(Oc4cccc(N5CCN(c6cc(-c7ccccc7O)nnc6N)CC56CCC6)c4)CC3)CC2)c1)C1CCC(=O)NC1=O. The lowest BCUT2D eigenvalue weighted by atomic mass is 9.73. The maximum atomic E-state index is 13.5. The van der Waals surface area contributed by atoms with Gasteiger partial charge in [0, 0.05) is 82.0 Å². The minimum Gasteiger partial charge on any atom is -0.507 e. The molecule has 5 heterocycles. The summed E-state index contributed by atoms with van der Waals surface area (Å²) in [4.78, 5) is 48.8. The van der Waals surface area contributed by atoms with E-state index in [4.69, 9.17) is 10.5 Å². The maximum absolute atomic E-state index is 13.5. The molecule has 3 amide bonds. The average molecular weight is 828 g/mol. The molecule has 4 saturated heterocycles. The third-order valence-electron chi connectivity index (χ3n) is 13.9. The highest BCUT2D eigenvalue weighted by Crippen LogP contribution is 2.45. The second-order valence-electron chi connectivity index (χ2n) is 17.6. The molecule has 1 unspecified atom stereocenters. The number of imide groups is 1. The summed E-state index contributed by atoms with van der Waals surface area (Å²) in [5.74, 6) is 1.57. The molecule has 4 N–H and O–H groups in total. The van der Waals surface area contributed by atoms with Crippen LogP contribution in [0.3, 0.4) is 0 Å². The summed E-state index contributed by atoms with van der Waals surface area (Å²) in [5, 5.41) is 21.5. The molecule has 3 aromatic carbocycles. The van der Waals surface area contributed by atoms with Crippen LogP contribution in [0.5, 0.6) is 11.5 Å². The number of likely N-dealkylation sites (N-methyl/N-ethyl adjacent to an activating group) is 1. The Kier molecular flexibility index (Phi) is 11.4. The number of carbonyl (C=O) groups is 3. The zero-order chi connectivity index (χ0) is 42.1. The average Bonchev–Trinajstić information content (AvgIpc) is 3.26. The Balaban J connectivity index is 0.751. The number of piperidine rings is 3. The number of rotatable bonds is 10. The smallest absolute Gasteiger partial charge is 0.249 e. The predicted octanol–water partition coefficient (Wildman–Crippen LogP) is 5.17. The van der Waals surface area contributed by atoms with Gasteiger partial charge in [-0.25, -0.2) is 0 Å². The van der Waals surface area contributed by atoms with Crippen molar-refractivity contribution in [3.8, 4) is 22.8 Å². The molecule has 1 aliphatic carbocycles. The van der Waals surface area contributed by atoms with Gasteiger partial charge in [0.25, 0.3) is 0 Å². The maximum Gasteiger partial charge on any atom is 0.249 e. The van der Waals surface area contributed by atoms with Crippen LogP contribution in [0.1, 0.15) is 69.3 Å². The highest BCUT2D eigenvalue weighted by atomic mass is 16.5. The number of nitrogens with two attached hydrogens (primary N) is 1. The van der Waals surface area contributed by atoms with E-state index < -0.39 is 0 Å². The molecule has 4 aromatic rings. The fourth-order valence-electron chi connectivity index (χ4n) is 10.2. The van der Waals surface area contributed by atoms with E-state index in [1.54, 1.807) is 12.1 Å². The van der Waals surface area contributed by atoms with Gasteiger partial charge < -0.3 is 35.2 Å². The molecular formula is C47H57N9O5. The van der Waals surface area contributed by atoms with Crippen molar-refractivity contribution in [1.82, 2.24) is 25.3 Å². The van der Waals surface area contributed by atoms with Gasteiger partial charge in [0.15, 0.2) is 5.82 Å². The fourth-order valence-corrected chi connectivity index (χ4v) is 10.2. The van der Waals surface area contributed by atoms with Crippen molar-refractivity contribution >= 4 is 40.6 Å². The summed E-state index contributed by atoms with van der Waals surface area (Å²) in [6.45, 7) is 5.97. The summed E-state index contributed by atoms with van der Waals surface area (Å²) in [7, 11) is 1.92. The Morgan fingerprint density at radius 2 is 1.69 bits per heavy atom. The van der Waals surface area contributed by atoms with E-state index in [9.17, 15) is 19.5 Å². The first-order chi connectivity index (χ1) is 29.6. The van der Waals surface area contributed by atoms with Gasteiger partial charge in [-0.3, -0.25) is 24.6 Å². The minimum atomic E-state index is -0.353. The Morgan fingerprint density at radius 1 is 0.902 bits per heavy atom. The van der Waals surface area contributed by atoms with Crippen molar-refractivity contribution in [3.05, 3.63) is 84.4 Å². The zero-order valence-corrected chi connectivity index (χ0v) is 35.0. The Hall–Kier alpha value is -5.89. The molecule has 5 aliphatic rings. The summed E-state index contributed by atoms with van der Waals surface area (Å²) < 4.78 is 6.60. The molecule has 5 fully saturated rings. The quantitative estimate of drug-likeness (QED) is 0.180. The lowest BCUT2D eigenvalue weighted by Crippen LogP contribution is -2.66. The lowest BCUT2D eigenvalue weighted by Gasteiger charge is -2.57. The number of nitrogens with one attached hydrogen (secondary N) is 1. The van der Waals surface area contributed by atoms with Crippen LogP contribution in [0.25, 0.3) is 11.3 Å². The molecule has 1 saturated carbocycles. The number of carbonyl (C=O) groups excluding carboxylic acids is 3. The highest BCUT2D eigenvalue weighted by Gasteiger charge is 2.47. The number of aromatic nitrogens is 2. The van der Waals surface area contributed by atoms with Crippen molar-refractivity contribution in [2.75, 3.05) is 79.8 Å². The second kappa shape index (κ2) is 17.2. The molecule has 1 atom stereocenters. The number of piperazine rings is 1. The van der Waals surface area contributed by atoms with Gasteiger partial charge in [0.05, 0.1) is 23.5 Å². The van der Waals surface area contributed by atoms with Crippen molar-refractivity contribution in [3.63, 3.8) is 0 Å². The monoisotopic (exact) mass is 827 g/mol. The van der Waals surface area contributed by atoms with E-state index in [0.29, 0.717) is 55.5 Å². The van der Waals surface area contributed by atoms with Crippen LogP contribution in [0.4, 0.5) is 22.9 Å². The van der Waals surface area contributed by atoms with Gasteiger partial charge in [0.1, 0.15) is 23.6 Å². The largest absolute Gasteiger partial charge is 0.507 e. The molecule has 1 spiro atoms. The molecule has 0 bridgehead atoms. The van der Waals surface area contributed by atoms with Crippen molar-refractivity contribution in [2.45, 2.75) is 81.4 Å². The van der Waals surface area contributed by atoms with E-state index >= 15 is 0 Å². The normalized spacial score (nSPS) is 21.3. The lowest BCUT2D eigenvalue weighted by molar-refractivity contribution is -0.135. The number of amides is 3. The van der Waals surface area contributed by atoms with E-state index in [-0.39, 0.29) is 41.2 Å². The highest BCUT2D eigenvalue weighted by molar-refractivity contribution is 6.01. The third-order valence-corrected chi connectivity index (χ3v) is 13.9. The molecule has 1 aromatic heterocycles. The number of nitrogen functional groups attached to an aromatic ring is 1. The summed E-state index contributed by atoms with van der Waals surface area (Å²) in [6.07, 6.45) is 7.82. The van der Waals surface area contributed by atoms with Gasteiger partial charge in [0.2, 0.25) is 17.7 Å². The second-order valence-corrected chi connectivity index (χ2v) is 17.6. The number of hydrogen-bond donors (Lipinski definition) is 3. The van der Waals surface area contributed by atoms with Crippen LogP contribution in [-0.2, 0) is 14.4 Å². The first-order valence-electron chi connectivity index (χ1n) is 22.0. The Bertz CT molecular complexity index is 2250. The van der Waals surface area contributed by atoms with Crippen molar-refractivity contribution in [1.29, 1.82) is 0 Å². The van der Waals surface area contributed by atoms with Crippen LogP contribution in [0, 0.1) is 0 Å². The molecule has 9 rings (SSSR count). The number of likely N-dealkylation sites (tertiary alicyclic amines) is 2. The topological polar surface area (TPSA) is 161 Å². The minimum absolute atomic E-state index is 0.0237. The number of hydrogen-bond acceptors (Lipinski definition) is 12. The number of nitrogens with zero attached hydrogens (tertiary/aromatic N) is 7. The van der Waals surface area contributed by atoms with E-state index in [1.807, 2.05) is 47.2 Å². The van der Waals surface area contributed by atoms with Crippen LogP contribution in [-0.4, -0.2) is 120 Å². The van der Waals surface area contributed by atoms with Gasteiger partial charge >= 0.3 is 0 Å². The van der Waals surface area contributed by atoms with E-state index in [2.05, 4.69) is 66.6 Å². The van der Waals surface area contributed by atoms with Crippen LogP contribution < -0.4 is 30.5 Å². The van der Waals surface area contributed by atoms with Crippen LogP contribution in [0.15, 0.2) is 78.9 Å². The first kappa shape index (κ1) is 40.5. The fraction of sp³-hybridized carbons (Fsp3) is 0.468. The number of phenols is 1. The predicted molar refractivity (Wildman–Crippen MR) is 236 cm³/mol. The number of ether oxygens (including phenoxy) is 1. The Morgan fingerprint density at radius 3 is 2.44 bits per heavy atom. The molecule has 14 heteroatoms. The van der Waals surface area contributed by atoms with Gasteiger partial charge in [-0.2, -0.15) is 0 Å². The molecule has 320 valence electrons. The number of phenolic OH excluding ortho intramolecular Hbond substituents is 1. The summed E-state index contributed by atoms with van der Waals surface area (Å²) in [5.41, 5.74) is 11.9. The summed E-state index contributed by atoms with van der Waals surface area (Å²) in [6, 6.07) is 25.7. The first-order valence-corrected chi connectivity index (χ1v) is 22.0. The molecular weight excluding hydrogens is 771 g/mol. The third kappa shape index (κ3) is 8.55. The number of aromatic hydroxyl groups is 1. The van der Waals surface area contributed by atoms with Crippen molar-refractivity contribution < 1.29 is 24.2 Å². The van der Waals surface area contributed by atoms with E-state index in [0.717, 1.165) is 94.1 Å². The number of anilines is 4.